The number of H-pyrrole nitrogens is 3. The smallest absolute Gasteiger partial charge is 0.325 e. The molecule has 0 saturated carbocycles. The second-order valence-corrected chi connectivity index (χ2v) is 7.20. The van der Waals surface area contributed by atoms with Gasteiger partial charge >= 0.3 is 5.69 Å². The minimum atomic E-state index is -3.24. The van der Waals surface area contributed by atoms with Crippen molar-refractivity contribution in [3.05, 3.63) is 78.8 Å². The number of ether oxygens (including phenoxy) is 1. The molecule has 2 aromatic heterocycles. The van der Waals surface area contributed by atoms with Crippen molar-refractivity contribution in [2.75, 3.05) is 18.0 Å². The molecule has 0 bridgehead atoms. The zero-order valence-electron chi connectivity index (χ0n) is 16.4. The average Bonchev–Trinajstić information content (AvgIpc) is 3.07. The molecule has 1 atom stereocenters. The number of nitrogens with zero attached hydrogens (tertiary/aromatic N) is 3. The fourth-order valence-corrected chi connectivity index (χ4v) is 3.35. The molecule has 164 valence electrons. The van der Waals surface area contributed by atoms with E-state index in [4.69, 9.17) is 10.00 Å². The van der Waals surface area contributed by atoms with Crippen molar-refractivity contribution >= 4 is 5.69 Å². The largest absolute Gasteiger partial charge is 0.365 e. The molecule has 1 saturated heterocycles. The molecule has 12 heteroatoms. The monoisotopic (exact) mass is 442 g/mol. The van der Waals surface area contributed by atoms with Crippen LogP contribution in [0.25, 0.3) is 11.3 Å². The van der Waals surface area contributed by atoms with Gasteiger partial charge in [-0.25, -0.2) is 18.7 Å². The first-order valence-corrected chi connectivity index (χ1v) is 9.42. The van der Waals surface area contributed by atoms with Gasteiger partial charge in [0, 0.05) is 6.20 Å². The number of anilines is 1. The van der Waals surface area contributed by atoms with Crippen LogP contribution in [0.2, 0.25) is 0 Å². The van der Waals surface area contributed by atoms with Crippen LogP contribution in [0.4, 0.5) is 14.5 Å². The van der Waals surface area contributed by atoms with Gasteiger partial charge in [-0.05, 0) is 23.8 Å². The predicted octanol–water partition coefficient (Wildman–Crippen LogP) is 0.726. The van der Waals surface area contributed by atoms with Crippen LogP contribution in [0.1, 0.15) is 11.1 Å². The average molecular weight is 442 g/mol. The Bertz CT molecular complexity index is 1360. The summed E-state index contributed by atoms with van der Waals surface area (Å²) in [6, 6.07) is 9.54. The summed E-state index contributed by atoms with van der Waals surface area (Å²) in [5, 5.41) is 14.8. The van der Waals surface area contributed by atoms with Crippen molar-refractivity contribution in [3.63, 3.8) is 0 Å². The van der Waals surface area contributed by atoms with Crippen LogP contribution in [-0.4, -0.2) is 45.3 Å². The van der Waals surface area contributed by atoms with Crippen LogP contribution in [0.3, 0.4) is 0 Å². The number of hydrogen-bond acceptors (Lipinski definition) is 7. The Morgan fingerprint density at radius 3 is 2.66 bits per heavy atom. The normalized spacial score (nSPS) is 17.3. The molecule has 4 rings (SSSR count). The van der Waals surface area contributed by atoms with Gasteiger partial charge in [0.25, 0.3) is 17.0 Å². The lowest BCUT2D eigenvalue weighted by Crippen LogP contribution is -2.34. The SMILES string of the molecule is N#Cc1ccc(CO[C@@H]2CN(c3cc(-c4c[nH]c(=O)[nH]c4=O)n[nH]c3=O)CC2(F)F)cc1. The minimum absolute atomic E-state index is 0.00219. The van der Waals surface area contributed by atoms with Crippen molar-refractivity contribution < 1.29 is 13.5 Å². The second kappa shape index (κ2) is 8.20. The van der Waals surface area contributed by atoms with Gasteiger partial charge < -0.3 is 14.6 Å². The lowest BCUT2D eigenvalue weighted by molar-refractivity contribution is -0.110. The third kappa shape index (κ3) is 4.19. The van der Waals surface area contributed by atoms with Crippen molar-refractivity contribution in [3.8, 4) is 17.3 Å². The highest BCUT2D eigenvalue weighted by atomic mass is 19.3. The summed E-state index contributed by atoms with van der Waals surface area (Å²) in [5.41, 5.74) is -1.24. The van der Waals surface area contributed by atoms with Crippen LogP contribution in [-0.2, 0) is 11.3 Å². The summed E-state index contributed by atoms with van der Waals surface area (Å²) in [4.78, 5) is 40.9. The highest BCUT2D eigenvalue weighted by Gasteiger charge is 2.49. The van der Waals surface area contributed by atoms with E-state index in [0.717, 1.165) is 11.1 Å². The first-order valence-electron chi connectivity index (χ1n) is 9.42. The maximum absolute atomic E-state index is 14.6. The summed E-state index contributed by atoms with van der Waals surface area (Å²) in [7, 11) is 0. The lowest BCUT2D eigenvalue weighted by Gasteiger charge is -2.17. The highest BCUT2D eigenvalue weighted by Crippen LogP contribution is 2.33. The van der Waals surface area contributed by atoms with E-state index in [1.807, 2.05) is 11.1 Å². The number of aromatic nitrogens is 4. The maximum atomic E-state index is 14.6. The fourth-order valence-electron chi connectivity index (χ4n) is 3.35. The topological polar surface area (TPSA) is 148 Å². The lowest BCUT2D eigenvalue weighted by atomic mass is 10.1. The molecule has 3 N–H and O–H groups in total. The van der Waals surface area contributed by atoms with Crippen molar-refractivity contribution in [2.24, 2.45) is 0 Å². The first kappa shape index (κ1) is 21.1. The van der Waals surface area contributed by atoms with Gasteiger partial charge in [0.05, 0.1) is 42.6 Å². The van der Waals surface area contributed by atoms with E-state index in [1.54, 1.807) is 24.3 Å². The Balaban J connectivity index is 1.55. The third-order valence-corrected chi connectivity index (χ3v) is 5.01. The van der Waals surface area contributed by atoms with Gasteiger partial charge in [-0.3, -0.25) is 14.6 Å². The molecule has 3 heterocycles. The Labute approximate surface area is 178 Å². The quantitative estimate of drug-likeness (QED) is 0.527. The van der Waals surface area contributed by atoms with Gasteiger partial charge in [0.15, 0.2) is 0 Å². The van der Waals surface area contributed by atoms with E-state index in [2.05, 4.69) is 15.2 Å². The van der Waals surface area contributed by atoms with Gasteiger partial charge in [-0.1, -0.05) is 12.1 Å². The molecule has 0 amide bonds. The molecule has 0 unspecified atom stereocenters. The van der Waals surface area contributed by atoms with Crippen LogP contribution in [0, 0.1) is 11.3 Å². The molecule has 1 aliphatic rings. The van der Waals surface area contributed by atoms with Crippen LogP contribution in [0.5, 0.6) is 0 Å². The Kier molecular flexibility index (Phi) is 5.41. The van der Waals surface area contributed by atoms with Crippen LogP contribution >= 0.6 is 0 Å². The van der Waals surface area contributed by atoms with Crippen LogP contribution in [0.15, 0.2) is 50.9 Å². The van der Waals surface area contributed by atoms with Crippen LogP contribution < -0.4 is 21.7 Å². The van der Waals surface area contributed by atoms with E-state index in [-0.39, 0.29) is 30.1 Å². The standard InChI is InChI=1S/C20H16F2N6O4/c21-20(22)10-28(8-16(20)32-9-12-3-1-11(6-23)2-4-12)15-5-14(26-27-18(15)30)13-7-24-19(31)25-17(13)29/h1-5,7,16H,8-10H2,(H,27,30)(H2,24,25,29,31)/t16-/m1/s1. The number of alkyl halides is 2. The maximum Gasteiger partial charge on any atom is 0.325 e. The molecule has 10 nitrogen and oxygen atoms in total. The van der Waals surface area contributed by atoms with E-state index in [1.165, 1.54) is 6.07 Å². The summed E-state index contributed by atoms with van der Waals surface area (Å²) < 4.78 is 34.6. The Morgan fingerprint density at radius 2 is 1.97 bits per heavy atom. The molecule has 0 aliphatic carbocycles. The molecular formula is C20H16F2N6O4. The molecule has 1 aliphatic heterocycles. The second-order valence-electron chi connectivity index (χ2n) is 7.20. The van der Waals surface area contributed by atoms with E-state index in [9.17, 15) is 23.2 Å². The summed E-state index contributed by atoms with van der Waals surface area (Å²) in [6.07, 6.45) is -0.362. The molecule has 1 aromatic carbocycles. The van der Waals surface area contributed by atoms with Gasteiger partial charge in [-0.15, -0.1) is 0 Å². The number of nitriles is 1. The van der Waals surface area contributed by atoms with Crippen molar-refractivity contribution in [1.29, 1.82) is 5.26 Å². The highest BCUT2D eigenvalue weighted by molar-refractivity contribution is 5.62. The number of benzene rings is 1. The number of rotatable bonds is 5. The van der Waals surface area contributed by atoms with Crippen molar-refractivity contribution in [1.82, 2.24) is 20.2 Å². The molecule has 3 aromatic rings. The van der Waals surface area contributed by atoms with Crippen molar-refractivity contribution in [2.45, 2.75) is 18.6 Å². The molecule has 0 radical (unpaired) electrons. The Hall–Kier alpha value is -4.11. The summed E-state index contributed by atoms with van der Waals surface area (Å²) in [5.74, 6) is -3.24. The zero-order valence-corrected chi connectivity index (χ0v) is 16.4. The molecule has 32 heavy (non-hydrogen) atoms. The number of aromatic amines is 3. The summed E-state index contributed by atoms with van der Waals surface area (Å²) >= 11 is 0. The Morgan fingerprint density at radius 1 is 1.22 bits per heavy atom. The van der Waals surface area contributed by atoms with E-state index < -0.39 is 35.4 Å². The zero-order chi connectivity index (χ0) is 22.9. The number of hydrogen-bond donors (Lipinski definition) is 3. The van der Waals surface area contributed by atoms with Gasteiger partial charge in [0.2, 0.25) is 0 Å². The predicted molar refractivity (Wildman–Crippen MR) is 108 cm³/mol. The number of halogens is 2. The summed E-state index contributed by atoms with van der Waals surface area (Å²) in [6.45, 7) is -1.12. The molecule has 1 fully saturated rings. The molecular weight excluding hydrogens is 426 g/mol. The minimum Gasteiger partial charge on any atom is -0.365 e. The van der Waals surface area contributed by atoms with Gasteiger partial charge in [-0.2, -0.15) is 10.4 Å². The third-order valence-electron chi connectivity index (χ3n) is 5.01. The number of nitrogens with one attached hydrogen (secondary N) is 3. The molecule has 0 spiro atoms. The van der Waals surface area contributed by atoms with E-state index >= 15 is 0 Å². The van der Waals surface area contributed by atoms with Gasteiger partial charge in [0.1, 0.15) is 11.8 Å². The fraction of sp³-hybridized carbons (Fsp3) is 0.250. The first-order chi connectivity index (χ1) is 15.3. The van der Waals surface area contributed by atoms with E-state index in [0.29, 0.717) is 11.1 Å².